The topological polar surface area (TPSA) is 50.8 Å². The molecule has 0 spiro atoms. The fourth-order valence-electron chi connectivity index (χ4n) is 2.91. The first-order chi connectivity index (χ1) is 11.2. The van der Waals surface area contributed by atoms with Gasteiger partial charge in [-0.3, -0.25) is 4.79 Å². The highest BCUT2D eigenvalue weighted by atomic mass is 35.5. The number of methoxy groups -OCH3 is 1. The van der Waals surface area contributed by atoms with Gasteiger partial charge in [-0.2, -0.15) is 0 Å². The number of nitrogens with one attached hydrogen (secondary N) is 1. The van der Waals surface area contributed by atoms with Gasteiger partial charge in [0.25, 0.3) is 0 Å². The summed E-state index contributed by atoms with van der Waals surface area (Å²) >= 11 is 0. The van der Waals surface area contributed by atoms with Crippen molar-refractivity contribution in [2.75, 3.05) is 40.4 Å². The summed E-state index contributed by atoms with van der Waals surface area (Å²) in [6.07, 6.45) is 3.88. The fourth-order valence-corrected chi connectivity index (χ4v) is 2.91. The van der Waals surface area contributed by atoms with E-state index in [9.17, 15) is 4.79 Å². The molecule has 0 unspecified atom stereocenters. The number of piperidine rings is 1. The van der Waals surface area contributed by atoms with Crippen LogP contribution in [0.1, 0.15) is 25.7 Å². The average molecular weight is 357 g/mol. The van der Waals surface area contributed by atoms with Gasteiger partial charge in [-0.15, -0.1) is 12.4 Å². The van der Waals surface area contributed by atoms with Gasteiger partial charge in [0.2, 0.25) is 5.91 Å². The summed E-state index contributed by atoms with van der Waals surface area (Å²) in [5.41, 5.74) is 0. The molecule has 1 aliphatic rings. The van der Waals surface area contributed by atoms with Crippen LogP contribution in [0.2, 0.25) is 0 Å². The Bertz CT molecular complexity index is 474. The zero-order valence-corrected chi connectivity index (χ0v) is 15.4. The van der Waals surface area contributed by atoms with Gasteiger partial charge in [0.05, 0.1) is 20.1 Å². The Balaban J connectivity index is 0.00000288. The zero-order valence-electron chi connectivity index (χ0n) is 14.6. The molecule has 1 aromatic carbocycles. The van der Waals surface area contributed by atoms with E-state index in [1.54, 1.807) is 7.11 Å². The first-order valence-corrected chi connectivity index (χ1v) is 8.42. The normalized spacial score (nSPS) is 14.8. The van der Waals surface area contributed by atoms with Crippen LogP contribution in [0.4, 0.5) is 0 Å². The highest BCUT2D eigenvalue weighted by Crippen LogP contribution is 2.21. The lowest BCUT2D eigenvalue weighted by molar-refractivity contribution is -0.133. The number of likely N-dealkylation sites (tertiary alicyclic amines) is 1. The number of benzene rings is 1. The largest absolute Gasteiger partial charge is 0.497 e. The van der Waals surface area contributed by atoms with Gasteiger partial charge in [-0.1, -0.05) is 0 Å². The minimum Gasteiger partial charge on any atom is -0.497 e. The average Bonchev–Trinajstić information content (AvgIpc) is 2.61. The third-order valence-electron chi connectivity index (χ3n) is 4.41. The Labute approximate surface area is 151 Å². The lowest BCUT2D eigenvalue weighted by atomic mass is 9.93. The van der Waals surface area contributed by atoms with Crippen LogP contribution in [0.15, 0.2) is 24.3 Å². The predicted molar refractivity (Wildman–Crippen MR) is 98.2 cm³/mol. The van der Waals surface area contributed by atoms with Crippen molar-refractivity contribution in [2.24, 2.45) is 5.92 Å². The van der Waals surface area contributed by atoms with Crippen LogP contribution in [0.5, 0.6) is 11.5 Å². The Hall–Kier alpha value is -1.46. The molecule has 0 atom stereocenters. The summed E-state index contributed by atoms with van der Waals surface area (Å²) in [6.45, 7) is 3.25. The van der Waals surface area contributed by atoms with E-state index >= 15 is 0 Å². The minimum atomic E-state index is 0. The molecule has 0 saturated carbocycles. The summed E-state index contributed by atoms with van der Waals surface area (Å²) in [4.78, 5) is 14.2. The molecule has 0 aliphatic carbocycles. The molecule has 136 valence electrons. The Morgan fingerprint density at radius 2 is 1.83 bits per heavy atom. The van der Waals surface area contributed by atoms with E-state index in [1.165, 1.54) is 6.42 Å². The number of nitrogens with zero attached hydrogens (tertiary/aromatic N) is 1. The zero-order chi connectivity index (χ0) is 16.5. The molecule has 1 aliphatic heterocycles. The number of ether oxygens (including phenoxy) is 2. The van der Waals surface area contributed by atoms with Crippen LogP contribution >= 0.6 is 12.4 Å². The SMILES string of the molecule is CNCCC1CCN(C(=O)CCOc2ccc(OC)cc2)CC1.Cl. The molecule has 1 amide bonds. The maximum absolute atomic E-state index is 12.2. The third-order valence-corrected chi connectivity index (χ3v) is 4.41. The van der Waals surface area contributed by atoms with E-state index in [0.717, 1.165) is 49.9 Å². The van der Waals surface area contributed by atoms with Crippen molar-refractivity contribution in [3.63, 3.8) is 0 Å². The third kappa shape index (κ3) is 6.57. The second-order valence-corrected chi connectivity index (χ2v) is 5.99. The Morgan fingerprint density at radius 1 is 1.21 bits per heavy atom. The van der Waals surface area contributed by atoms with Gasteiger partial charge in [-0.05, 0) is 63.0 Å². The highest BCUT2D eigenvalue weighted by Gasteiger charge is 2.22. The van der Waals surface area contributed by atoms with E-state index in [2.05, 4.69) is 5.32 Å². The number of hydrogen-bond acceptors (Lipinski definition) is 4. The van der Waals surface area contributed by atoms with E-state index in [-0.39, 0.29) is 18.3 Å². The molecule has 1 heterocycles. The number of hydrogen-bond donors (Lipinski definition) is 1. The van der Waals surface area contributed by atoms with Crippen molar-refractivity contribution in [3.8, 4) is 11.5 Å². The number of carbonyl (C=O) groups excluding carboxylic acids is 1. The monoisotopic (exact) mass is 356 g/mol. The van der Waals surface area contributed by atoms with Crippen LogP contribution < -0.4 is 14.8 Å². The van der Waals surface area contributed by atoms with Crippen LogP contribution in [-0.2, 0) is 4.79 Å². The van der Waals surface area contributed by atoms with Crippen molar-refractivity contribution in [1.82, 2.24) is 10.2 Å². The summed E-state index contributed by atoms with van der Waals surface area (Å²) in [7, 11) is 3.62. The predicted octanol–water partition coefficient (Wildman–Crippen LogP) is 2.73. The summed E-state index contributed by atoms with van der Waals surface area (Å²) < 4.78 is 10.7. The van der Waals surface area contributed by atoms with Crippen molar-refractivity contribution in [2.45, 2.75) is 25.7 Å². The summed E-state index contributed by atoms with van der Waals surface area (Å²) in [6, 6.07) is 7.42. The lowest BCUT2D eigenvalue weighted by Gasteiger charge is -2.32. The number of rotatable bonds is 8. The number of carbonyl (C=O) groups is 1. The van der Waals surface area contributed by atoms with Gasteiger partial charge in [0, 0.05) is 13.1 Å². The standard InChI is InChI=1S/C18H28N2O3.ClH/c1-19-11-7-15-8-12-20(13-9-15)18(21)10-14-23-17-5-3-16(22-2)4-6-17;/h3-6,15,19H,7-14H2,1-2H3;1H. The second kappa shape index (κ2) is 11.2. The van der Waals surface area contributed by atoms with Gasteiger partial charge < -0.3 is 19.7 Å². The van der Waals surface area contributed by atoms with E-state index in [4.69, 9.17) is 9.47 Å². The van der Waals surface area contributed by atoms with Crippen LogP contribution in [-0.4, -0.2) is 51.2 Å². The minimum absolute atomic E-state index is 0. The first kappa shape index (κ1) is 20.6. The molecule has 24 heavy (non-hydrogen) atoms. The molecular weight excluding hydrogens is 328 g/mol. The first-order valence-electron chi connectivity index (χ1n) is 8.42. The molecule has 1 fully saturated rings. The molecule has 0 bridgehead atoms. The Kier molecular flexibility index (Phi) is 9.57. The van der Waals surface area contributed by atoms with E-state index in [0.29, 0.717) is 13.0 Å². The maximum Gasteiger partial charge on any atom is 0.225 e. The summed E-state index contributed by atoms with van der Waals surface area (Å²) in [5, 5.41) is 3.19. The van der Waals surface area contributed by atoms with E-state index in [1.807, 2.05) is 36.2 Å². The van der Waals surface area contributed by atoms with Crippen molar-refractivity contribution in [1.29, 1.82) is 0 Å². The fraction of sp³-hybridized carbons (Fsp3) is 0.611. The van der Waals surface area contributed by atoms with Crippen molar-refractivity contribution < 1.29 is 14.3 Å². The number of amides is 1. The smallest absolute Gasteiger partial charge is 0.225 e. The highest BCUT2D eigenvalue weighted by molar-refractivity contribution is 5.85. The van der Waals surface area contributed by atoms with E-state index < -0.39 is 0 Å². The van der Waals surface area contributed by atoms with Gasteiger partial charge in [0.15, 0.2) is 0 Å². The Morgan fingerprint density at radius 3 is 2.42 bits per heavy atom. The molecular formula is C18H29ClN2O3. The second-order valence-electron chi connectivity index (χ2n) is 5.99. The van der Waals surface area contributed by atoms with Gasteiger partial charge in [0.1, 0.15) is 11.5 Å². The molecule has 0 aromatic heterocycles. The van der Waals surface area contributed by atoms with Crippen LogP contribution in [0.25, 0.3) is 0 Å². The molecule has 5 nitrogen and oxygen atoms in total. The lowest BCUT2D eigenvalue weighted by Crippen LogP contribution is -2.39. The van der Waals surface area contributed by atoms with Crippen LogP contribution in [0.3, 0.4) is 0 Å². The quantitative estimate of drug-likeness (QED) is 0.778. The summed E-state index contributed by atoms with van der Waals surface area (Å²) in [5.74, 6) is 2.52. The van der Waals surface area contributed by atoms with Gasteiger partial charge >= 0.3 is 0 Å². The van der Waals surface area contributed by atoms with Gasteiger partial charge in [-0.25, -0.2) is 0 Å². The molecule has 1 N–H and O–H groups in total. The molecule has 1 saturated heterocycles. The van der Waals surface area contributed by atoms with Crippen molar-refractivity contribution >= 4 is 18.3 Å². The molecule has 2 rings (SSSR count). The molecule has 6 heteroatoms. The van der Waals surface area contributed by atoms with Crippen LogP contribution in [0, 0.1) is 5.92 Å². The molecule has 0 radical (unpaired) electrons. The molecule has 1 aromatic rings. The number of halogens is 1. The van der Waals surface area contributed by atoms with Crippen molar-refractivity contribution in [3.05, 3.63) is 24.3 Å². The maximum atomic E-state index is 12.2.